The first-order valence-electron chi connectivity index (χ1n) is 8.56. The second kappa shape index (κ2) is 8.24. The Labute approximate surface area is 177 Å². The van der Waals surface area contributed by atoms with Gasteiger partial charge in [0.25, 0.3) is 0 Å². The minimum absolute atomic E-state index is 0.335. The highest BCUT2D eigenvalue weighted by Crippen LogP contribution is 2.26. The molecule has 2 aliphatic heterocycles. The average molecular weight is 512 g/mol. The summed E-state index contributed by atoms with van der Waals surface area (Å²) in [5.74, 6) is 0. The van der Waals surface area contributed by atoms with Crippen LogP contribution in [0.4, 0.5) is 0 Å². The molecule has 0 bridgehead atoms. The maximum atomic E-state index is 10.6. The summed E-state index contributed by atoms with van der Waals surface area (Å²) in [7, 11) is 0. The highest BCUT2D eigenvalue weighted by atomic mass is 79.9. The van der Waals surface area contributed by atoms with Crippen LogP contribution in [0.2, 0.25) is 0 Å². The zero-order valence-electron chi connectivity index (χ0n) is 14.4. The number of aromatic nitrogens is 2. The maximum absolute atomic E-state index is 10.6. The van der Waals surface area contributed by atoms with Crippen LogP contribution in [0.25, 0.3) is 0 Å². The first-order chi connectivity index (χ1) is 13.5. The SMILES string of the molecule is OC(C(O)[C@H]1CC(c2ccc(Br)cn2)=NO1)[C@H]1CC(c2ccc(Br)cn2)=NO1. The fraction of sp³-hybridized carbons (Fsp3) is 0.333. The van der Waals surface area contributed by atoms with Gasteiger partial charge in [-0.1, -0.05) is 10.3 Å². The lowest BCUT2D eigenvalue weighted by atomic mass is 9.96. The number of nitrogens with zero attached hydrogens (tertiary/aromatic N) is 4. The normalized spacial score (nSPS) is 23.4. The first-order valence-corrected chi connectivity index (χ1v) is 10.2. The molecule has 10 heteroatoms. The van der Waals surface area contributed by atoms with Crippen molar-refractivity contribution >= 4 is 43.3 Å². The van der Waals surface area contributed by atoms with Gasteiger partial charge in [-0.25, -0.2) is 0 Å². The van der Waals surface area contributed by atoms with Gasteiger partial charge in [0.15, 0.2) is 12.2 Å². The Balaban J connectivity index is 1.35. The number of oxime groups is 2. The van der Waals surface area contributed by atoms with Crippen molar-refractivity contribution in [3.63, 3.8) is 0 Å². The van der Waals surface area contributed by atoms with Gasteiger partial charge < -0.3 is 19.9 Å². The molecule has 0 aliphatic carbocycles. The van der Waals surface area contributed by atoms with E-state index < -0.39 is 24.4 Å². The minimum Gasteiger partial charge on any atom is -0.389 e. The lowest BCUT2D eigenvalue weighted by molar-refractivity contribution is -0.123. The van der Waals surface area contributed by atoms with Crippen molar-refractivity contribution < 1.29 is 19.9 Å². The molecule has 0 aromatic carbocycles. The molecule has 4 atom stereocenters. The molecule has 146 valence electrons. The topological polar surface area (TPSA) is 109 Å². The van der Waals surface area contributed by atoms with Crippen molar-refractivity contribution in [1.29, 1.82) is 0 Å². The van der Waals surface area contributed by atoms with Gasteiger partial charge in [0.05, 0.1) is 11.4 Å². The lowest BCUT2D eigenvalue weighted by Crippen LogP contribution is -2.44. The van der Waals surface area contributed by atoms with Gasteiger partial charge in [0.1, 0.15) is 23.6 Å². The van der Waals surface area contributed by atoms with E-state index in [1.54, 1.807) is 12.4 Å². The summed E-state index contributed by atoms with van der Waals surface area (Å²) in [4.78, 5) is 19.2. The molecule has 28 heavy (non-hydrogen) atoms. The van der Waals surface area contributed by atoms with Crippen LogP contribution in [0.1, 0.15) is 24.2 Å². The van der Waals surface area contributed by atoms with Crippen molar-refractivity contribution in [2.75, 3.05) is 0 Å². The summed E-state index contributed by atoms with van der Waals surface area (Å²) in [5.41, 5.74) is 2.56. The number of pyridine rings is 2. The van der Waals surface area contributed by atoms with Crippen molar-refractivity contribution in [2.45, 2.75) is 37.3 Å². The third-order valence-electron chi connectivity index (χ3n) is 4.54. The molecular formula is C18H16Br2N4O4. The van der Waals surface area contributed by atoms with Gasteiger partial charge in [0, 0.05) is 34.2 Å². The summed E-state index contributed by atoms with van der Waals surface area (Å²) in [5, 5.41) is 29.1. The molecule has 0 saturated heterocycles. The molecule has 8 nitrogen and oxygen atoms in total. The number of rotatable bonds is 5. The Bertz CT molecular complexity index is 829. The monoisotopic (exact) mass is 510 g/mol. The third-order valence-corrected chi connectivity index (χ3v) is 5.48. The van der Waals surface area contributed by atoms with Gasteiger partial charge in [-0.2, -0.15) is 0 Å². The molecule has 2 N–H and O–H groups in total. The predicted molar refractivity (Wildman–Crippen MR) is 108 cm³/mol. The summed E-state index contributed by atoms with van der Waals surface area (Å²) in [6.45, 7) is 0. The Morgan fingerprint density at radius 1 is 0.786 bits per heavy atom. The van der Waals surface area contributed by atoms with Crippen LogP contribution in [-0.2, 0) is 9.68 Å². The molecule has 2 unspecified atom stereocenters. The van der Waals surface area contributed by atoms with E-state index in [1.807, 2.05) is 24.3 Å². The molecule has 0 fully saturated rings. The lowest BCUT2D eigenvalue weighted by Gasteiger charge is -2.24. The van der Waals surface area contributed by atoms with Crippen LogP contribution in [-0.4, -0.2) is 56.0 Å². The van der Waals surface area contributed by atoms with Gasteiger partial charge >= 0.3 is 0 Å². The summed E-state index contributed by atoms with van der Waals surface area (Å²) >= 11 is 6.67. The van der Waals surface area contributed by atoms with E-state index in [0.29, 0.717) is 35.7 Å². The van der Waals surface area contributed by atoms with Crippen molar-refractivity contribution in [2.24, 2.45) is 10.3 Å². The largest absolute Gasteiger partial charge is 0.389 e. The standard InChI is InChI=1S/C18H16Br2N4O4/c19-9-1-3-11(21-7-9)13-5-15(27-23-13)17(25)18(26)16-6-14(24-28-16)12-4-2-10(20)8-22-12/h1-4,7-8,15-18,25-26H,5-6H2/t15-,16-,17?,18?/m1/s1. The molecule has 2 aromatic rings. The van der Waals surface area contributed by atoms with E-state index in [-0.39, 0.29) is 0 Å². The average Bonchev–Trinajstić information content (AvgIpc) is 3.38. The maximum Gasteiger partial charge on any atom is 0.161 e. The van der Waals surface area contributed by atoms with Crippen LogP contribution in [0.5, 0.6) is 0 Å². The summed E-state index contributed by atoms with van der Waals surface area (Å²) in [6, 6.07) is 7.32. The predicted octanol–water partition coefficient (Wildman–Crippen LogP) is 2.41. The van der Waals surface area contributed by atoms with E-state index in [4.69, 9.17) is 9.68 Å². The molecule has 0 amide bonds. The van der Waals surface area contributed by atoms with Crippen LogP contribution >= 0.6 is 31.9 Å². The van der Waals surface area contributed by atoms with Crippen LogP contribution in [0, 0.1) is 0 Å². The molecule has 0 saturated carbocycles. The molecule has 0 spiro atoms. The van der Waals surface area contributed by atoms with E-state index in [9.17, 15) is 10.2 Å². The molecule has 4 heterocycles. The van der Waals surface area contributed by atoms with Gasteiger partial charge in [-0.05, 0) is 56.1 Å². The molecule has 2 aliphatic rings. The molecular weight excluding hydrogens is 496 g/mol. The molecule has 4 rings (SSSR count). The zero-order chi connectivity index (χ0) is 19.7. The first kappa shape index (κ1) is 19.4. The van der Waals surface area contributed by atoms with Crippen LogP contribution in [0.15, 0.2) is 55.9 Å². The number of aliphatic hydroxyl groups is 2. The minimum atomic E-state index is -1.19. The third kappa shape index (κ3) is 4.09. The highest BCUT2D eigenvalue weighted by Gasteiger charge is 2.41. The molecule has 2 aromatic heterocycles. The van der Waals surface area contributed by atoms with Crippen molar-refractivity contribution in [3.05, 3.63) is 57.0 Å². The van der Waals surface area contributed by atoms with E-state index in [2.05, 4.69) is 52.1 Å². The molecule has 0 radical (unpaired) electrons. The second-order valence-electron chi connectivity index (χ2n) is 6.48. The van der Waals surface area contributed by atoms with Gasteiger partial charge in [-0.3, -0.25) is 9.97 Å². The quantitative estimate of drug-likeness (QED) is 0.638. The number of aliphatic hydroxyl groups excluding tert-OH is 2. The fourth-order valence-corrected chi connectivity index (χ4v) is 3.46. The van der Waals surface area contributed by atoms with Gasteiger partial charge in [-0.15, -0.1) is 0 Å². The smallest absolute Gasteiger partial charge is 0.161 e. The number of hydrogen-bond donors (Lipinski definition) is 2. The summed E-state index contributed by atoms with van der Waals surface area (Å²) < 4.78 is 1.72. The van der Waals surface area contributed by atoms with Crippen LogP contribution in [0.3, 0.4) is 0 Å². The summed E-state index contributed by atoms with van der Waals surface area (Å²) in [6.07, 6.45) is 0.254. The van der Waals surface area contributed by atoms with Gasteiger partial charge in [0.2, 0.25) is 0 Å². The zero-order valence-corrected chi connectivity index (χ0v) is 17.6. The second-order valence-corrected chi connectivity index (χ2v) is 8.31. The Hall–Kier alpha value is -1.88. The van der Waals surface area contributed by atoms with Crippen molar-refractivity contribution in [1.82, 2.24) is 9.97 Å². The van der Waals surface area contributed by atoms with E-state index >= 15 is 0 Å². The van der Waals surface area contributed by atoms with Crippen molar-refractivity contribution in [3.8, 4) is 0 Å². The Morgan fingerprint density at radius 3 is 1.57 bits per heavy atom. The van der Waals surface area contributed by atoms with Crippen LogP contribution < -0.4 is 0 Å². The number of hydrogen-bond acceptors (Lipinski definition) is 8. The Kier molecular flexibility index (Phi) is 5.72. The highest BCUT2D eigenvalue weighted by molar-refractivity contribution is 9.10. The Morgan fingerprint density at radius 2 is 1.21 bits per heavy atom. The van der Waals surface area contributed by atoms with E-state index in [0.717, 1.165) is 8.95 Å². The number of halogens is 2. The van der Waals surface area contributed by atoms with E-state index in [1.165, 1.54) is 0 Å². The fourth-order valence-electron chi connectivity index (χ4n) is 2.99.